The smallest absolute Gasteiger partial charge is 0.423 e. The van der Waals surface area contributed by atoms with E-state index in [9.17, 15) is 9.18 Å². The normalized spacial score (nSPS) is 9.45. The van der Waals surface area contributed by atoms with Crippen LogP contribution in [0.5, 0.6) is 0 Å². The molecule has 104 valence electrons. The maximum Gasteiger partial charge on any atom is 0.488 e. The van der Waals surface area contributed by atoms with Gasteiger partial charge in [-0.2, -0.15) is 0 Å². The van der Waals surface area contributed by atoms with Crippen LogP contribution in [0.1, 0.15) is 10.4 Å². The van der Waals surface area contributed by atoms with Gasteiger partial charge in [-0.3, -0.25) is 4.79 Å². The average molecular weight is 359 g/mol. The highest BCUT2D eigenvalue weighted by molar-refractivity contribution is 9.10. The van der Waals surface area contributed by atoms with E-state index in [1.165, 1.54) is 12.1 Å². The summed E-state index contributed by atoms with van der Waals surface area (Å²) >= 11 is 8.62. The van der Waals surface area contributed by atoms with E-state index in [1.54, 1.807) is 30.3 Å². The number of carbonyl (C=O) groups is 1. The number of carbonyl (C=O) groups excluding carboxylic acids is 1. The highest BCUT2D eigenvalue weighted by Gasteiger charge is 2.08. The first-order valence-electron chi connectivity index (χ1n) is 5.46. The average Bonchev–Trinajstić information content (AvgIpc) is 2.40. The Kier molecular flexibility index (Phi) is 6.88. The third-order valence-corrected chi connectivity index (χ3v) is 3.00. The lowest BCUT2D eigenvalue weighted by Crippen LogP contribution is -2.29. The zero-order valence-electron chi connectivity index (χ0n) is 10.1. The van der Waals surface area contributed by atoms with Crippen LogP contribution >= 0.6 is 27.5 Å². The van der Waals surface area contributed by atoms with Gasteiger partial charge in [0.1, 0.15) is 5.82 Å². The zero-order chi connectivity index (χ0) is 15.1. The second-order valence-electron chi connectivity index (χ2n) is 3.71. The number of hydrogen-bond donors (Lipinski definition) is 2. The highest BCUT2D eigenvalue weighted by Crippen LogP contribution is 2.13. The Bertz CT molecular complexity index is 578. The molecule has 0 saturated carbocycles. The minimum Gasteiger partial charge on any atom is -0.423 e. The van der Waals surface area contributed by atoms with Gasteiger partial charge in [0.05, 0.1) is 5.56 Å². The van der Waals surface area contributed by atoms with Crippen molar-refractivity contribution < 1.29 is 19.2 Å². The second kappa shape index (κ2) is 8.16. The Morgan fingerprint density at radius 2 is 1.75 bits per heavy atom. The van der Waals surface area contributed by atoms with Gasteiger partial charge >= 0.3 is 7.12 Å². The van der Waals surface area contributed by atoms with Crippen LogP contribution in [0.4, 0.5) is 4.39 Å². The lowest BCUT2D eigenvalue weighted by atomic mass is 9.81. The minimum absolute atomic E-state index is 0.0863. The second-order valence-corrected chi connectivity index (χ2v) is 5.06. The maximum atomic E-state index is 12.6. The fourth-order valence-electron chi connectivity index (χ4n) is 1.23. The predicted octanol–water partition coefficient (Wildman–Crippen LogP) is 2.42. The lowest BCUT2D eigenvalue weighted by Gasteiger charge is -1.96. The summed E-state index contributed by atoms with van der Waals surface area (Å²) in [5.41, 5.74) is 0.535. The van der Waals surface area contributed by atoms with Gasteiger partial charge in [-0.15, -0.1) is 0 Å². The third-order valence-electron chi connectivity index (χ3n) is 2.26. The summed E-state index contributed by atoms with van der Waals surface area (Å²) in [5.74, 6) is -0.496. The molecule has 7 heteroatoms. The Hall–Kier alpha value is -1.21. The molecule has 0 bridgehead atoms. The molecule has 0 fully saturated rings. The molecule has 0 aliphatic heterocycles. The van der Waals surface area contributed by atoms with Gasteiger partial charge in [-0.25, -0.2) is 4.39 Å². The number of aldehydes is 1. The number of halogens is 3. The fourth-order valence-corrected chi connectivity index (χ4v) is 1.69. The van der Waals surface area contributed by atoms with Crippen LogP contribution in [0.15, 0.2) is 46.9 Å². The molecule has 0 unspecified atom stereocenters. The summed E-state index contributed by atoms with van der Waals surface area (Å²) in [7, 11) is -1.41. The van der Waals surface area contributed by atoms with E-state index in [2.05, 4.69) is 15.9 Å². The van der Waals surface area contributed by atoms with Gasteiger partial charge in [0.15, 0.2) is 6.29 Å². The lowest BCUT2D eigenvalue weighted by molar-refractivity contribution is 0.112. The number of rotatable bonds is 2. The molecule has 0 aliphatic rings. The van der Waals surface area contributed by atoms with Gasteiger partial charge in [-0.05, 0) is 35.8 Å². The van der Waals surface area contributed by atoms with Crippen LogP contribution < -0.4 is 5.46 Å². The van der Waals surface area contributed by atoms with Crippen molar-refractivity contribution in [2.45, 2.75) is 0 Å². The molecule has 2 N–H and O–H groups in total. The van der Waals surface area contributed by atoms with E-state index in [0.29, 0.717) is 21.2 Å². The van der Waals surface area contributed by atoms with Gasteiger partial charge in [0.2, 0.25) is 0 Å². The van der Waals surface area contributed by atoms with Crippen molar-refractivity contribution in [1.82, 2.24) is 0 Å². The SMILES string of the molecule is O=Cc1ccc(Br)cc1F.OB(O)c1ccc(Cl)cc1. The van der Waals surface area contributed by atoms with Crippen LogP contribution in [0.2, 0.25) is 5.02 Å². The van der Waals surface area contributed by atoms with E-state index in [1.807, 2.05) is 0 Å². The van der Waals surface area contributed by atoms with Crippen molar-refractivity contribution >= 4 is 46.4 Å². The first-order chi connectivity index (χ1) is 9.43. The van der Waals surface area contributed by atoms with Gasteiger partial charge in [0.25, 0.3) is 0 Å². The topological polar surface area (TPSA) is 57.5 Å². The maximum absolute atomic E-state index is 12.6. The van der Waals surface area contributed by atoms with E-state index in [-0.39, 0.29) is 5.56 Å². The van der Waals surface area contributed by atoms with Gasteiger partial charge < -0.3 is 10.0 Å². The molecule has 0 atom stereocenters. The van der Waals surface area contributed by atoms with E-state index >= 15 is 0 Å². The Morgan fingerprint density at radius 3 is 2.20 bits per heavy atom. The molecule has 0 radical (unpaired) electrons. The van der Waals surface area contributed by atoms with Crippen molar-refractivity contribution in [2.75, 3.05) is 0 Å². The summed E-state index contributed by atoms with van der Waals surface area (Å²) in [6.07, 6.45) is 0.488. The molecule has 0 heterocycles. The van der Waals surface area contributed by atoms with E-state index in [0.717, 1.165) is 0 Å². The predicted molar refractivity (Wildman–Crippen MR) is 80.8 cm³/mol. The monoisotopic (exact) mass is 358 g/mol. The van der Waals surface area contributed by atoms with Crippen LogP contribution in [0.3, 0.4) is 0 Å². The summed E-state index contributed by atoms with van der Waals surface area (Å²) < 4.78 is 13.2. The molecule has 0 aromatic heterocycles. The first kappa shape index (κ1) is 16.8. The minimum atomic E-state index is -1.41. The molecule has 0 saturated heterocycles. The Morgan fingerprint density at radius 1 is 1.15 bits per heavy atom. The number of benzene rings is 2. The van der Waals surface area contributed by atoms with E-state index in [4.69, 9.17) is 21.6 Å². The van der Waals surface area contributed by atoms with Crippen LogP contribution in [0.25, 0.3) is 0 Å². The molecule has 3 nitrogen and oxygen atoms in total. The summed E-state index contributed by atoms with van der Waals surface area (Å²) in [5, 5.41) is 17.8. The third kappa shape index (κ3) is 5.42. The standard InChI is InChI=1S/C7H4BrFO.C6H6BClO2/c8-6-2-1-5(4-10)7(9)3-6;8-6-3-1-5(2-4-6)7(9)10/h1-4H;1-4,9-10H. The first-order valence-corrected chi connectivity index (χ1v) is 6.63. The molecule has 2 aromatic carbocycles. The summed E-state index contributed by atoms with van der Waals surface area (Å²) in [6.45, 7) is 0. The van der Waals surface area contributed by atoms with Crippen molar-refractivity contribution in [3.8, 4) is 0 Å². The molecule has 20 heavy (non-hydrogen) atoms. The number of hydrogen-bond acceptors (Lipinski definition) is 3. The summed E-state index contributed by atoms with van der Waals surface area (Å²) in [4.78, 5) is 10.1. The van der Waals surface area contributed by atoms with Crippen molar-refractivity contribution in [2.24, 2.45) is 0 Å². The van der Waals surface area contributed by atoms with E-state index < -0.39 is 12.9 Å². The summed E-state index contributed by atoms with van der Waals surface area (Å²) in [6, 6.07) is 10.6. The zero-order valence-corrected chi connectivity index (χ0v) is 12.5. The van der Waals surface area contributed by atoms with Crippen molar-refractivity contribution in [3.05, 3.63) is 63.3 Å². The highest BCUT2D eigenvalue weighted by atomic mass is 79.9. The van der Waals surface area contributed by atoms with Crippen molar-refractivity contribution in [3.63, 3.8) is 0 Å². The van der Waals surface area contributed by atoms with Crippen LogP contribution in [-0.2, 0) is 0 Å². The Balaban J connectivity index is 0.000000200. The molecule has 2 aromatic rings. The van der Waals surface area contributed by atoms with Crippen LogP contribution in [-0.4, -0.2) is 23.5 Å². The molecule has 0 aliphatic carbocycles. The van der Waals surface area contributed by atoms with Crippen molar-refractivity contribution in [1.29, 1.82) is 0 Å². The molecule has 0 amide bonds. The largest absolute Gasteiger partial charge is 0.488 e. The molecular weight excluding hydrogens is 349 g/mol. The molecule has 2 rings (SSSR count). The van der Waals surface area contributed by atoms with Gasteiger partial charge in [0, 0.05) is 9.50 Å². The Labute approximate surface area is 129 Å². The quantitative estimate of drug-likeness (QED) is 0.640. The fraction of sp³-hybridized carbons (Fsp3) is 0. The molecule has 0 spiro atoms. The molecular formula is C13H10BBrClFO3. The van der Waals surface area contributed by atoms with Crippen LogP contribution in [0, 0.1) is 5.82 Å². The van der Waals surface area contributed by atoms with Gasteiger partial charge in [-0.1, -0.05) is 39.7 Å².